The van der Waals surface area contributed by atoms with Gasteiger partial charge in [-0.05, 0) is 30.3 Å². The Labute approximate surface area is 134 Å². The largest absolute Gasteiger partial charge is 0.495 e. The lowest BCUT2D eigenvalue weighted by molar-refractivity contribution is 0.399. The molecule has 122 valence electrons. The number of aromatic nitrogens is 1. The number of hydrogen-bond acceptors (Lipinski definition) is 5. The van der Waals surface area contributed by atoms with Gasteiger partial charge in [-0.1, -0.05) is 6.07 Å². The molecular formula is C15H16FN3O3S. The van der Waals surface area contributed by atoms with Gasteiger partial charge in [0, 0.05) is 19.3 Å². The van der Waals surface area contributed by atoms with E-state index in [0.717, 1.165) is 18.0 Å². The maximum absolute atomic E-state index is 13.4. The monoisotopic (exact) mass is 337 g/mol. The molecule has 0 radical (unpaired) electrons. The molecular weight excluding hydrogens is 321 g/mol. The van der Waals surface area contributed by atoms with E-state index in [0.29, 0.717) is 13.1 Å². The van der Waals surface area contributed by atoms with Gasteiger partial charge in [0.1, 0.15) is 22.3 Å². The summed E-state index contributed by atoms with van der Waals surface area (Å²) in [6, 6.07) is 8.71. The minimum atomic E-state index is -3.85. The summed E-state index contributed by atoms with van der Waals surface area (Å²) in [7, 11) is -2.51. The van der Waals surface area contributed by atoms with Crippen molar-refractivity contribution in [2.45, 2.75) is 10.9 Å². The molecule has 0 bridgehead atoms. The van der Waals surface area contributed by atoms with E-state index in [1.807, 2.05) is 23.1 Å². The van der Waals surface area contributed by atoms with E-state index in [4.69, 9.17) is 4.74 Å². The van der Waals surface area contributed by atoms with Crippen LogP contribution in [-0.4, -0.2) is 39.6 Å². The van der Waals surface area contributed by atoms with Crippen molar-refractivity contribution < 1.29 is 17.5 Å². The lowest BCUT2D eigenvalue weighted by atomic mass is 10.1. The molecule has 1 aliphatic rings. The SMILES string of the molecule is COc1ccc(F)cc1S(=O)(=O)NC1CN(c2ccccn2)C1. The first-order valence-electron chi connectivity index (χ1n) is 7.01. The topological polar surface area (TPSA) is 71.5 Å². The molecule has 1 aliphatic heterocycles. The molecule has 0 aliphatic carbocycles. The summed E-state index contributed by atoms with van der Waals surface area (Å²) in [6.45, 7) is 1.02. The highest BCUT2D eigenvalue weighted by Crippen LogP contribution is 2.26. The van der Waals surface area contributed by atoms with Crippen molar-refractivity contribution in [3.63, 3.8) is 0 Å². The molecule has 1 saturated heterocycles. The number of ether oxygens (including phenoxy) is 1. The van der Waals surface area contributed by atoms with Crippen LogP contribution in [0.25, 0.3) is 0 Å². The fourth-order valence-corrected chi connectivity index (χ4v) is 3.82. The number of rotatable bonds is 5. The first-order chi connectivity index (χ1) is 11.0. The van der Waals surface area contributed by atoms with Crippen LogP contribution in [-0.2, 0) is 10.0 Å². The second kappa shape index (κ2) is 6.13. The Balaban J connectivity index is 1.70. The van der Waals surface area contributed by atoms with Crippen molar-refractivity contribution in [2.24, 2.45) is 0 Å². The summed E-state index contributed by atoms with van der Waals surface area (Å²) in [5, 5.41) is 0. The standard InChI is InChI=1S/C15H16FN3O3S/c1-22-13-6-5-11(16)8-14(13)23(20,21)18-12-9-19(10-12)15-4-2-3-7-17-15/h2-8,12,18H,9-10H2,1H3. The summed E-state index contributed by atoms with van der Waals surface area (Å²) in [5.74, 6) is 0.279. The third-order valence-electron chi connectivity index (χ3n) is 3.59. The summed E-state index contributed by atoms with van der Waals surface area (Å²) >= 11 is 0. The predicted octanol–water partition coefficient (Wildman–Crippen LogP) is 1.40. The molecule has 1 aromatic carbocycles. The van der Waals surface area contributed by atoms with Crippen LogP contribution in [0.2, 0.25) is 0 Å². The number of pyridine rings is 1. The summed E-state index contributed by atoms with van der Waals surface area (Å²) in [4.78, 5) is 5.96. The zero-order valence-electron chi connectivity index (χ0n) is 12.4. The number of sulfonamides is 1. The highest BCUT2D eigenvalue weighted by Gasteiger charge is 2.32. The van der Waals surface area contributed by atoms with E-state index < -0.39 is 15.8 Å². The van der Waals surface area contributed by atoms with E-state index in [1.165, 1.54) is 13.2 Å². The van der Waals surface area contributed by atoms with Gasteiger partial charge in [0.05, 0.1) is 13.2 Å². The third-order valence-corrected chi connectivity index (χ3v) is 5.13. The number of nitrogens with zero attached hydrogens (tertiary/aromatic N) is 2. The molecule has 1 N–H and O–H groups in total. The smallest absolute Gasteiger partial charge is 0.244 e. The average molecular weight is 337 g/mol. The van der Waals surface area contributed by atoms with Gasteiger partial charge in [-0.15, -0.1) is 0 Å². The first kappa shape index (κ1) is 15.7. The Bertz CT molecular complexity index is 793. The lowest BCUT2D eigenvalue weighted by Gasteiger charge is -2.40. The molecule has 6 nitrogen and oxygen atoms in total. The second-order valence-electron chi connectivity index (χ2n) is 5.21. The number of methoxy groups -OCH3 is 1. The average Bonchev–Trinajstić information content (AvgIpc) is 2.51. The van der Waals surface area contributed by atoms with Gasteiger partial charge < -0.3 is 9.64 Å². The quantitative estimate of drug-likeness (QED) is 0.893. The molecule has 1 fully saturated rings. The summed E-state index contributed by atoms with van der Waals surface area (Å²) in [6.07, 6.45) is 1.68. The van der Waals surface area contributed by atoms with Crippen LogP contribution in [0.4, 0.5) is 10.2 Å². The molecule has 0 amide bonds. The molecule has 3 rings (SSSR count). The van der Waals surface area contributed by atoms with Crippen molar-refractivity contribution in [3.05, 3.63) is 48.4 Å². The van der Waals surface area contributed by atoms with Crippen molar-refractivity contribution >= 4 is 15.8 Å². The molecule has 1 aromatic heterocycles. The van der Waals surface area contributed by atoms with Crippen LogP contribution in [0.3, 0.4) is 0 Å². The van der Waals surface area contributed by atoms with Crippen LogP contribution >= 0.6 is 0 Å². The maximum Gasteiger partial charge on any atom is 0.244 e. The minimum absolute atomic E-state index is 0.111. The van der Waals surface area contributed by atoms with Crippen LogP contribution in [0.15, 0.2) is 47.5 Å². The van der Waals surface area contributed by atoms with Gasteiger partial charge in [-0.2, -0.15) is 0 Å². The van der Waals surface area contributed by atoms with Gasteiger partial charge >= 0.3 is 0 Å². The Kier molecular flexibility index (Phi) is 4.18. The normalized spacial score (nSPS) is 15.3. The number of benzene rings is 1. The molecule has 0 spiro atoms. The van der Waals surface area contributed by atoms with Gasteiger partial charge in [0.2, 0.25) is 10.0 Å². The van der Waals surface area contributed by atoms with E-state index in [2.05, 4.69) is 9.71 Å². The molecule has 2 heterocycles. The van der Waals surface area contributed by atoms with Crippen molar-refractivity contribution in [3.8, 4) is 5.75 Å². The summed E-state index contributed by atoms with van der Waals surface area (Å²) < 4.78 is 45.8. The van der Waals surface area contributed by atoms with E-state index in [9.17, 15) is 12.8 Å². The highest BCUT2D eigenvalue weighted by molar-refractivity contribution is 7.89. The number of nitrogens with one attached hydrogen (secondary N) is 1. The number of anilines is 1. The third kappa shape index (κ3) is 3.27. The Morgan fingerprint density at radius 2 is 2.09 bits per heavy atom. The van der Waals surface area contributed by atoms with Crippen LogP contribution in [0.5, 0.6) is 5.75 Å². The highest BCUT2D eigenvalue weighted by atomic mass is 32.2. The fraction of sp³-hybridized carbons (Fsp3) is 0.267. The maximum atomic E-state index is 13.4. The molecule has 2 aromatic rings. The Hall–Kier alpha value is -2.19. The molecule has 0 saturated carbocycles. The molecule has 0 unspecified atom stereocenters. The van der Waals surface area contributed by atoms with Crippen LogP contribution < -0.4 is 14.4 Å². The van der Waals surface area contributed by atoms with Crippen molar-refractivity contribution in [1.29, 1.82) is 0 Å². The van der Waals surface area contributed by atoms with E-state index >= 15 is 0 Å². The van der Waals surface area contributed by atoms with Gasteiger partial charge in [-0.3, -0.25) is 0 Å². The Morgan fingerprint density at radius 3 is 2.74 bits per heavy atom. The Morgan fingerprint density at radius 1 is 1.30 bits per heavy atom. The second-order valence-corrected chi connectivity index (χ2v) is 6.89. The molecule has 0 atom stereocenters. The number of halogens is 1. The first-order valence-corrected chi connectivity index (χ1v) is 8.50. The molecule has 8 heteroatoms. The van der Waals surface area contributed by atoms with Gasteiger partial charge in [-0.25, -0.2) is 22.5 Å². The van der Waals surface area contributed by atoms with Crippen molar-refractivity contribution in [2.75, 3.05) is 25.1 Å². The van der Waals surface area contributed by atoms with Gasteiger partial charge in [0.15, 0.2) is 0 Å². The van der Waals surface area contributed by atoms with Gasteiger partial charge in [0.25, 0.3) is 0 Å². The lowest BCUT2D eigenvalue weighted by Crippen LogP contribution is -2.59. The zero-order valence-corrected chi connectivity index (χ0v) is 13.3. The van der Waals surface area contributed by atoms with E-state index in [-0.39, 0.29) is 16.7 Å². The zero-order chi connectivity index (χ0) is 16.4. The predicted molar refractivity (Wildman–Crippen MR) is 83.5 cm³/mol. The fourth-order valence-electron chi connectivity index (χ4n) is 2.42. The van der Waals surface area contributed by atoms with E-state index in [1.54, 1.807) is 6.20 Å². The molecule has 23 heavy (non-hydrogen) atoms. The van der Waals surface area contributed by atoms with Crippen molar-refractivity contribution in [1.82, 2.24) is 9.71 Å². The number of hydrogen-bond donors (Lipinski definition) is 1. The summed E-state index contributed by atoms with van der Waals surface area (Å²) in [5.41, 5.74) is 0. The van der Waals surface area contributed by atoms with Crippen LogP contribution in [0, 0.1) is 5.82 Å². The minimum Gasteiger partial charge on any atom is -0.495 e. The van der Waals surface area contributed by atoms with Crippen LogP contribution in [0.1, 0.15) is 0 Å².